The van der Waals surface area contributed by atoms with E-state index in [4.69, 9.17) is 4.42 Å². The highest BCUT2D eigenvalue weighted by molar-refractivity contribution is 5.92. The number of nitrogens with zero attached hydrogens (tertiary/aromatic N) is 3. The largest absolute Gasteiger partial charge is 0.459 e. The first-order chi connectivity index (χ1) is 14.1. The summed E-state index contributed by atoms with van der Waals surface area (Å²) in [4.78, 5) is 30.8. The van der Waals surface area contributed by atoms with Crippen LogP contribution in [-0.2, 0) is 0 Å². The van der Waals surface area contributed by atoms with Crippen LogP contribution in [0.5, 0.6) is 0 Å². The molecule has 0 saturated carbocycles. The Kier molecular flexibility index (Phi) is 5.74. The van der Waals surface area contributed by atoms with Crippen molar-refractivity contribution in [3.8, 4) is 0 Å². The van der Waals surface area contributed by atoms with Crippen molar-refractivity contribution in [3.63, 3.8) is 0 Å². The fourth-order valence-corrected chi connectivity index (χ4v) is 3.89. The Balaban J connectivity index is 1.27. The van der Waals surface area contributed by atoms with Crippen LogP contribution in [0.15, 0.2) is 47.1 Å². The second-order valence-electron chi connectivity index (χ2n) is 7.90. The maximum absolute atomic E-state index is 12.6. The number of urea groups is 1. The number of nitrogens with one attached hydrogen (secondary N) is 1. The molecule has 2 aliphatic rings. The molecule has 1 N–H and O–H groups in total. The summed E-state index contributed by atoms with van der Waals surface area (Å²) in [6.45, 7) is 6.49. The van der Waals surface area contributed by atoms with Crippen LogP contribution in [0.25, 0.3) is 0 Å². The summed E-state index contributed by atoms with van der Waals surface area (Å²) in [6.07, 6.45) is 3.95. The van der Waals surface area contributed by atoms with Crippen molar-refractivity contribution in [2.24, 2.45) is 5.92 Å². The molecule has 7 nitrogen and oxygen atoms in total. The van der Waals surface area contributed by atoms with E-state index in [1.807, 2.05) is 12.1 Å². The van der Waals surface area contributed by atoms with Gasteiger partial charge in [0.2, 0.25) is 0 Å². The lowest BCUT2D eigenvalue weighted by Gasteiger charge is -2.34. The van der Waals surface area contributed by atoms with E-state index in [9.17, 15) is 9.59 Å². The van der Waals surface area contributed by atoms with E-state index in [1.165, 1.54) is 24.8 Å². The first-order valence-corrected chi connectivity index (χ1v) is 10.3. The number of piperazine rings is 1. The van der Waals surface area contributed by atoms with E-state index >= 15 is 0 Å². The van der Waals surface area contributed by atoms with E-state index in [0.29, 0.717) is 31.9 Å². The molecule has 2 fully saturated rings. The molecule has 0 aliphatic carbocycles. The number of anilines is 2. The van der Waals surface area contributed by atoms with Crippen LogP contribution >= 0.6 is 0 Å². The highest BCUT2D eigenvalue weighted by Gasteiger charge is 2.26. The Morgan fingerprint density at radius 1 is 0.931 bits per heavy atom. The van der Waals surface area contributed by atoms with Crippen LogP contribution in [0.1, 0.15) is 30.3 Å². The summed E-state index contributed by atoms with van der Waals surface area (Å²) >= 11 is 0. The Hall–Kier alpha value is -2.96. The van der Waals surface area contributed by atoms with Crippen LogP contribution in [-0.4, -0.2) is 61.0 Å². The lowest BCUT2D eigenvalue weighted by molar-refractivity contribution is 0.0640. The molecule has 3 heterocycles. The summed E-state index contributed by atoms with van der Waals surface area (Å²) in [7, 11) is 0. The van der Waals surface area contributed by atoms with Gasteiger partial charge in [-0.1, -0.05) is 6.92 Å². The van der Waals surface area contributed by atoms with E-state index < -0.39 is 0 Å². The van der Waals surface area contributed by atoms with E-state index in [-0.39, 0.29) is 11.9 Å². The molecule has 154 valence electrons. The monoisotopic (exact) mass is 396 g/mol. The lowest BCUT2D eigenvalue weighted by Crippen LogP contribution is -2.51. The summed E-state index contributed by atoms with van der Waals surface area (Å²) in [5.41, 5.74) is 2.00. The van der Waals surface area contributed by atoms with Crippen molar-refractivity contribution < 1.29 is 14.0 Å². The SMILES string of the molecule is CC1CCN(c2ccc(NC(=O)N3CCN(C(=O)c4ccco4)CC3)cc2)CC1. The third-order valence-corrected chi connectivity index (χ3v) is 5.85. The van der Waals surface area contributed by atoms with Gasteiger partial charge in [-0.25, -0.2) is 4.79 Å². The molecule has 1 aromatic carbocycles. The van der Waals surface area contributed by atoms with Crippen LogP contribution in [0.4, 0.5) is 16.2 Å². The molecule has 3 amide bonds. The van der Waals surface area contributed by atoms with Gasteiger partial charge in [-0.15, -0.1) is 0 Å². The van der Waals surface area contributed by atoms with Gasteiger partial charge in [0.1, 0.15) is 0 Å². The average Bonchev–Trinajstić information content (AvgIpc) is 3.29. The maximum atomic E-state index is 12.6. The summed E-state index contributed by atoms with van der Waals surface area (Å²) in [6, 6.07) is 11.3. The number of benzene rings is 1. The Bertz CT molecular complexity index is 818. The predicted molar refractivity (Wildman–Crippen MR) is 112 cm³/mol. The molecule has 0 spiro atoms. The lowest BCUT2D eigenvalue weighted by atomic mass is 9.99. The van der Waals surface area contributed by atoms with Crippen LogP contribution < -0.4 is 10.2 Å². The molecule has 0 radical (unpaired) electrons. The third kappa shape index (κ3) is 4.55. The van der Waals surface area contributed by atoms with Crippen LogP contribution in [0.3, 0.4) is 0 Å². The number of carbonyl (C=O) groups is 2. The maximum Gasteiger partial charge on any atom is 0.321 e. The average molecular weight is 396 g/mol. The second-order valence-corrected chi connectivity index (χ2v) is 7.90. The first-order valence-electron chi connectivity index (χ1n) is 10.3. The third-order valence-electron chi connectivity index (χ3n) is 5.85. The number of furan rings is 1. The van der Waals surface area contributed by atoms with E-state index in [2.05, 4.69) is 29.3 Å². The molecule has 29 heavy (non-hydrogen) atoms. The molecular weight excluding hydrogens is 368 g/mol. The molecule has 2 saturated heterocycles. The Labute approximate surface area is 171 Å². The van der Waals surface area contributed by atoms with Crippen LogP contribution in [0, 0.1) is 5.92 Å². The molecule has 0 atom stereocenters. The molecule has 0 unspecified atom stereocenters. The van der Waals surface area contributed by atoms with Gasteiger partial charge in [-0.3, -0.25) is 4.79 Å². The van der Waals surface area contributed by atoms with E-state index in [1.54, 1.807) is 21.9 Å². The molecule has 1 aromatic heterocycles. The molecule has 2 aromatic rings. The zero-order chi connectivity index (χ0) is 20.2. The number of piperidine rings is 1. The van der Waals surface area contributed by atoms with Gasteiger partial charge in [-0.05, 0) is 55.2 Å². The van der Waals surface area contributed by atoms with Crippen molar-refractivity contribution >= 4 is 23.3 Å². The summed E-state index contributed by atoms with van der Waals surface area (Å²) < 4.78 is 5.17. The minimum Gasteiger partial charge on any atom is -0.459 e. The first kappa shape index (κ1) is 19.4. The number of rotatable bonds is 3. The zero-order valence-corrected chi connectivity index (χ0v) is 16.8. The van der Waals surface area contributed by atoms with Gasteiger partial charge in [0.15, 0.2) is 5.76 Å². The topological polar surface area (TPSA) is 69.0 Å². The van der Waals surface area contributed by atoms with Crippen molar-refractivity contribution in [1.82, 2.24) is 9.80 Å². The second kappa shape index (κ2) is 8.59. The van der Waals surface area contributed by atoms with E-state index in [0.717, 1.165) is 24.7 Å². The molecule has 7 heteroatoms. The minimum atomic E-state index is -0.130. The van der Waals surface area contributed by atoms with Gasteiger partial charge in [0, 0.05) is 50.6 Å². The molecular formula is C22H28N4O3. The fraction of sp³-hybridized carbons (Fsp3) is 0.455. The van der Waals surface area contributed by atoms with Gasteiger partial charge < -0.3 is 24.4 Å². The number of hydrogen-bond donors (Lipinski definition) is 1. The summed E-state index contributed by atoms with van der Waals surface area (Å²) in [5.74, 6) is 1.02. The van der Waals surface area contributed by atoms with Crippen LogP contribution in [0.2, 0.25) is 0 Å². The predicted octanol–water partition coefficient (Wildman–Crippen LogP) is 3.51. The van der Waals surface area contributed by atoms with Gasteiger partial charge >= 0.3 is 6.03 Å². The van der Waals surface area contributed by atoms with Gasteiger partial charge in [-0.2, -0.15) is 0 Å². The van der Waals surface area contributed by atoms with Gasteiger partial charge in [0.25, 0.3) is 5.91 Å². The highest BCUT2D eigenvalue weighted by Crippen LogP contribution is 2.24. The normalized spacial score (nSPS) is 18.0. The van der Waals surface area contributed by atoms with Crippen molar-refractivity contribution in [2.45, 2.75) is 19.8 Å². The number of amides is 3. The summed E-state index contributed by atoms with van der Waals surface area (Å²) in [5, 5.41) is 2.97. The van der Waals surface area contributed by atoms with Crippen molar-refractivity contribution in [2.75, 3.05) is 49.5 Å². The minimum absolute atomic E-state index is 0.127. The Morgan fingerprint density at radius 3 is 2.21 bits per heavy atom. The quantitative estimate of drug-likeness (QED) is 0.862. The number of carbonyl (C=O) groups excluding carboxylic acids is 2. The van der Waals surface area contributed by atoms with Crippen molar-refractivity contribution in [3.05, 3.63) is 48.4 Å². The smallest absolute Gasteiger partial charge is 0.321 e. The van der Waals surface area contributed by atoms with Crippen molar-refractivity contribution in [1.29, 1.82) is 0 Å². The number of hydrogen-bond acceptors (Lipinski definition) is 4. The molecule has 4 rings (SSSR count). The highest BCUT2D eigenvalue weighted by atomic mass is 16.3. The molecule has 0 bridgehead atoms. The standard InChI is InChI=1S/C22H28N4O3/c1-17-8-10-24(11-9-17)19-6-4-18(5-7-19)23-22(28)26-14-12-25(13-15-26)21(27)20-3-2-16-29-20/h2-7,16-17H,8-15H2,1H3,(H,23,28). The van der Waals surface area contributed by atoms with Gasteiger partial charge in [0.05, 0.1) is 6.26 Å². The Morgan fingerprint density at radius 2 is 1.59 bits per heavy atom. The molecule has 2 aliphatic heterocycles. The zero-order valence-electron chi connectivity index (χ0n) is 16.8. The fourth-order valence-electron chi connectivity index (χ4n) is 3.89.